The maximum absolute atomic E-state index is 8.84. The van der Waals surface area contributed by atoms with Crippen LogP contribution < -0.4 is 0 Å². The number of benzene rings is 2. The molecule has 0 bridgehead atoms. The lowest BCUT2D eigenvalue weighted by atomic mass is 9.99. The van der Waals surface area contributed by atoms with Gasteiger partial charge in [-0.2, -0.15) is 5.26 Å². The summed E-state index contributed by atoms with van der Waals surface area (Å²) in [7, 11) is 0. The molecule has 0 atom stereocenters. The molecule has 2 aromatic carbocycles. The molecule has 96 valence electrons. The summed E-state index contributed by atoms with van der Waals surface area (Å²) in [4.78, 5) is 0. The molecule has 0 aromatic heterocycles. The van der Waals surface area contributed by atoms with E-state index in [0.717, 1.165) is 18.4 Å². The first kappa shape index (κ1) is 13.4. The highest BCUT2D eigenvalue weighted by Crippen LogP contribution is 2.14. The van der Waals surface area contributed by atoms with Crippen LogP contribution in [0.5, 0.6) is 0 Å². The molecule has 0 heterocycles. The second-order valence-electron chi connectivity index (χ2n) is 4.95. The van der Waals surface area contributed by atoms with E-state index in [4.69, 9.17) is 5.26 Å². The lowest BCUT2D eigenvalue weighted by Gasteiger charge is -2.06. The molecule has 0 spiro atoms. The van der Waals surface area contributed by atoms with Crippen LogP contribution >= 0.6 is 0 Å². The van der Waals surface area contributed by atoms with Gasteiger partial charge in [-0.1, -0.05) is 36.4 Å². The summed E-state index contributed by atoms with van der Waals surface area (Å²) >= 11 is 0. The molecular weight excluding hydrogens is 230 g/mol. The number of hydrogen-bond acceptors (Lipinski definition) is 1. The molecule has 0 aliphatic heterocycles. The summed E-state index contributed by atoms with van der Waals surface area (Å²) in [5.74, 6) is 0. The van der Waals surface area contributed by atoms with Crippen molar-refractivity contribution in [2.75, 3.05) is 0 Å². The zero-order valence-corrected chi connectivity index (χ0v) is 11.4. The van der Waals surface area contributed by atoms with Crippen molar-refractivity contribution >= 4 is 0 Å². The average molecular weight is 249 g/mol. The number of nitrogens with zero attached hydrogens (tertiary/aromatic N) is 1. The van der Waals surface area contributed by atoms with Gasteiger partial charge >= 0.3 is 0 Å². The monoisotopic (exact) mass is 249 g/mol. The normalized spacial score (nSPS) is 10.1. The second kappa shape index (κ2) is 6.75. The molecule has 0 aliphatic carbocycles. The largest absolute Gasteiger partial charge is 0.192 e. The highest BCUT2D eigenvalue weighted by Gasteiger charge is 2.00. The minimum absolute atomic E-state index is 0.755. The number of rotatable bonds is 5. The van der Waals surface area contributed by atoms with E-state index in [0.29, 0.717) is 0 Å². The Labute approximate surface area is 115 Å². The first-order valence-electron chi connectivity index (χ1n) is 6.83. The van der Waals surface area contributed by atoms with E-state index >= 15 is 0 Å². The molecule has 0 amide bonds. The molecule has 0 fully saturated rings. The van der Waals surface area contributed by atoms with Gasteiger partial charge in [0.2, 0.25) is 0 Å². The fourth-order valence-electron chi connectivity index (χ4n) is 2.34. The van der Waals surface area contributed by atoms with Gasteiger partial charge in [0, 0.05) is 0 Å². The zero-order valence-electron chi connectivity index (χ0n) is 11.4. The Hall–Kier alpha value is -2.07. The van der Waals surface area contributed by atoms with Crippen LogP contribution in [0, 0.1) is 18.3 Å². The van der Waals surface area contributed by atoms with Crippen molar-refractivity contribution in [1.82, 2.24) is 0 Å². The molecule has 1 nitrogen and oxygen atoms in total. The van der Waals surface area contributed by atoms with E-state index in [1.807, 2.05) is 12.1 Å². The van der Waals surface area contributed by atoms with Crippen molar-refractivity contribution in [1.29, 1.82) is 5.26 Å². The van der Waals surface area contributed by atoms with Gasteiger partial charge in [-0.3, -0.25) is 0 Å². The van der Waals surface area contributed by atoms with Gasteiger partial charge in [-0.05, 0) is 61.4 Å². The molecule has 0 N–H and O–H groups in total. The molecule has 19 heavy (non-hydrogen) atoms. The maximum Gasteiger partial charge on any atom is 0.0991 e. The molecule has 0 radical (unpaired) electrons. The van der Waals surface area contributed by atoms with Crippen LogP contribution in [-0.4, -0.2) is 0 Å². The number of hydrogen-bond donors (Lipinski definition) is 0. The SMILES string of the molecule is Cc1cc(C#N)ccc1CCCCc1ccccc1. The van der Waals surface area contributed by atoms with Gasteiger partial charge in [0.15, 0.2) is 0 Å². The Morgan fingerprint density at radius 2 is 1.68 bits per heavy atom. The molecule has 2 rings (SSSR count). The quantitative estimate of drug-likeness (QED) is 0.719. The molecular formula is C18H19N. The molecule has 0 aliphatic rings. The van der Waals surface area contributed by atoms with Crippen molar-refractivity contribution in [2.24, 2.45) is 0 Å². The summed E-state index contributed by atoms with van der Waals surface area (Å²) in [5, 5.41) is 8.84. The van der Waals surface area contributed by atoms with Crippen molar-refractivity contribution in [3.05, 3.63) is 70.8 Å². The predicted octanol–water partition coefficient (Wildman–Crippen LogP) is 4.43. The fourth-order valence-corrected chi connectivity index (χ4v) is 2.34. The third-order valence-electron chi connectivity index (χ3n) is 3.48. The highest BCUT2D eigenvalue weighted by molar-refractivity contribution is 5.37. The minimum atomic E-state index is 0.755. The zero-order chi connectivity index (χ0) is 13.5. The standard InChI is InChI=1S/C18H19N/c1-15-13-17(14-19)11-12-18(15)10-6-5-9-16-7-3-2-4-8-16/h2-4,7-8,11-13H,5-6,9-10H2,1H3. The van der Waals surface area contributed by atoms with E-state index in [1.54, 1.807) is 0 Å². The van der Waals surface area contributed by atoms with Crippen LogP contribution in [0.3, 0.4) is 0 Å². The topological polar surface area (TPSA) is 23.8 Å². The summed E-state index contributed by atoms with van der Waals surface area (Å²) < 4.78 is 0. The Morgan fingerprint density at radius 1 is 0.947 bits per heavy atom. The maximum atomic E-state index is 8.84. The van der Waals surface area contributed by atoms with E-state index in [2.05, 4.69) is 49.4 Å². The second-order valence-corrected chi connectivity index (χ2v) is 4.95. The summed E-state index contributed by atoms with van der Waals surface area (Å²) in [6.07, 6.45) is 4.66. The lowest BCUT2D eigenvalue weighted by Crippen LogP contribution is -1.92. The highest BCUT2D eigenvalue weighted by atomic mass is 14.2. The van der Waals surface area contributed by atoms with E-state index < -0.39 is 0 Å². The Kier molecular flexibility index (Phi) is 4.75. The number of unbranched alkanes of at least 4 members (excludes halogenated alkanes) is 1. The smallest absolute Gasteiger partial charge is 0.0991 e. The van der Waals surface area contributed by atoms with E-state index in [1.165, 1.54) is 29.5 Å². The Bertz CT molecular complexity index is 564. The molecule has 1 heteroatoms. The van der Waals surface area contributed by atoms with Crippen molar-refractivity contribution < 1.29 is 0 Å². The van der Waals surface area contributed by atoms with Crippen LogP contribution in [0.4, 0.5) is 0 Å². The van der Waals surface area contributed by atoms with Crippen molar-refractivity contribution in [2.45, 2.75) is 32.6 Å². The Balaban J connectivity index is 1.82. The molecule has 2 aromatic rings. The fraction of sp³-hybridized carbons (Fsp3) is 0.278. The van der Waals surface area contributed by atoms with Gasteiger partial charge in [0.25, 0.3) is 0 Å². The van der Waals surface area contributed by atoms with Gasteiger partial charge < -0.3 is 0 Å². The minimum Gasteiger partial charge on any atom is -0.192 e. The summed E-state index contributed by atoms with van der Waals surface area (Å²) in [6, 6.07) is 18.8. The van der Waals surface area contributed by atoms with Gasteiger partial charge in [-0.25, -0.2) is 0 Å². The van der Waals surface area contributed by atoms with E-state index in [9.17, 15) is 0 Å². The third-order valence-corrected chi connectivity index (χ3v) is 3.48. The first-order valence-corrected chi connectivity index (χ1v) is 6.83. The first-order chi connectivity index (χ1) is 9.29. The van der Waals surface area contributed by atoms with Gasteiger partial charge in [0.1, 0.15) is 0 Å². The summed E-state index contributed by atoms with van der Waals surface area (Å²) in [6.45, 7) is 2.09. The number of nitriles is 1. The van der Waals surface area contributed by atoms with Gasteiger partial charge in [-0.15, -0.1) is 0 Å². The van der Waals surface area contributed by atoms with Crippen LogP contribution in [0.1, 0.15) is 35.1 Å². The van der Waals surface area contributed by atoms with Crippen LogP contribution in [0.25, 0.3) is 0 Å². The third kappa shape index (κ3) is 3.96. The summed E-state index contributed by atoms with van der Waals surface area (Å²) in [5.41, 5.74) is 4.77. The average Bonchev–Trinajstić information content (AvgIpc) is 2.46. The van der Waals surface area contributed by atoms with Crippen LogP contribution in [0.15, 0.2) is 48.5 Å². The molecule has 0 saturated carbocycles. The van der Waals surface area contributed by atoms with Crippen LogP contribution in [0.2, 0.25) is 0 Å². The molecule has 0 saturated heterocycles. The lowest BCUT2D eigenvalue weighted by molar-refractivity contribution is 0.732. The Morgan fingerprint density at radius 3 is 2.37 bits per heavy atom. The van der Waals surface area contributed by atoms with Crippen molar-refractivity contribution in [3.63, 3.8) is 0 Å². The van der Waals surface area contributed by atoms with Crippen molar-refractivity contribution in [3.8, 4) is 6.07 Å². The molecule has 0 unspecified atom stereocenters. The van der Waals surface area contributed by atoms with Gasteiger partial charge in [0.05, 0.1) is 11.6 Å². The predicted molar refractivity (Wildman–Crippen MR) is 79.0 cm³/mol. The number of aryl methyl sites for hydroxylation is 3. The van der Waals surface area contributed by atoms with Crippen LogP contribution in [-0.2, 0) is 12.8 Å². The van der Waals surface area contributed by atoms with E-state index in [-0.39, 0.29) is 0 Å².